The normalized spacial score (nSPS) is 10.1. The fourth-order valence-electron chi connectivity index (χ4n) is 1.75. The van der Waals surface area contributed by atoms with Gasteiger partial charge in [-0.1, -0.05) is 25.1 Å². The first kappa shape index (κ1) is 10.0. The molecule has 0 aromatic heterocycles. The number of hydrogen-bond acceptors (Lipinski definition) is 0. The van der Waals surface area contributed by atoms with Gasteiger partial charge >= 0.3 is 0 Å². The standard InChI is InChI=1S/C13H18/c1-5-7-13-10(3)8-12(6-2)9-11(13)4/h5,8-9H,1,6-7H2,2-4H3. The van der Waals surface area contributed by atoms with Crippen molar-refractivity contribution < 1.29 is 0 Å². The Morgan fingerprint density at radius 1 is 1.23 bits per heavy atom. The molecule has 0 N–H and O–H groups in total. The lowest BCUT2D eigenvalue weighted by Gasteiger charge is -2.09. The molecule has 1 aromatic carbocycles. The van der Waals surface area contributed by atoms with Crippen LogP contribution in [0.1, 0.15) is 29.2 Å². The maximum atomic E-state index is 3.78. The highest BCUT2D eigenvalue weighted by Gasteiger charge is 2.02. The Morgan fingerprint density at radius 3 is 2.15 bits per heavy atom. The zero-order valence-corrected chi connectivity index (χ0v) is 8.85. The molecule has 70 valence electrons. The molecular formula is C13H18. The molecule has 0 radical (unpaired) electrons. The minimum absolute atomic E-state index is 0.988. The second kappa shape index (κ2) is 4.27. The Kier molecular flexibility index (Phi) is 3.30. The van der Waals surface area contributed by atoms with Crippen molar-refractivity contribution >= 4 is 0 Å². The van der Waals surface area contributed by atoms with Gasteiger partial charge in [0.25, 0.3) is 0 Å². The largest absolute Gasteiger partial charge is 0.103 e. The molecule has 0 saturated heterocycles. The highest BCUT2D eigenvalue weighted by Crippen LogP contribution is 2.17. The average molecular weight is 174 g/mol. The SMILES string of the molecule is C=CCc1c(C)cc(CC)cc1C. The van der Waals surface area contributed by atoms with E-state index < -0.39 is 0 Å². The molecule has 0 unspecified atom stereocenters. The summed E-state index contributed by atoms with van der Waals surface area (Å²) < 4.78 is 0. The summed E-state index contributed by atoms with van der Waals surface area (Å²) in [6.07, 6.45) is 4.08. The van der Waals surface area contributed by atoms with E-state index >= 15 is 0 Å². The number of benzene rings is 1. The molecule has 0 aliphatic carbocycles. The monoisotopic (exact) mass is 174 g/mol. The van der Waals surface area contributed by atoms with Crippen molar-refractivity contribution in [2.24, 2.45) is 0 Å². The second-order valence-electron chi connectivity index (χ2n) is 3.55. The zero-order valence-electron chi connectivity index (χ0n) is 8.85. The predicted octanol–water partition coefficient (Wildman–Crippen LogP) is 3.59. The van der Waals surface area contributed by atoms with Crippen LogP contribution in [0.25, 0.3) is 0 Å². The lowest BCUT2D eigenvalue weighted by molar-refractivity contribution is 1.09. The lowest BCUT2D eigenvalue weighted by atomic mass is 9.96. The van der Waals surface area contributed by atoms with Gasteiger partial charge in [-0.15, -0.1) is 6.58 Å². The van der Waals surface area contributed by atoms with Crippen molar-refractivity contribution in [3.63, 3.8) is 0 Å². The van der Waals surface area contributed by atoms with Crippen LogP contribution in [0.15, 0.2) is 24.8 Å². The number of hydrogen-bond donors (Lipinski definition) is 0. The molecule has 0 heterocycles. The van der Waals surface area contributed by atoms with Crippen LogP contribution >= 0.6 is 0 Å². The van der Waals surface area contributed by atoms with Crippen molar-refractivity contribution in [2.75, 3.05) is 0 Å². The molecule has 0 spiro atoms. The Bertz CT molecular complexity index is 285. The van der Waals surface area contributed by atoms with Gasteiger partial charge in [0.15, 0.2) is 0 Å². The van der Waals surface area contributed by atoms with Crippen molar-refractivity contribution in [3.8, 4) is 0 Å². The third kappa shape index (κ3) is 2.21. The van der Waals surface area contributed by atoms with Crippen LogP contribution in [0.3, 0.4) is 0 Å². The summed E-state index contributed by atoms with van der Waals surface area (Å²) in [6.45, 7) is 10.3. The van der Waals surface area contributed by atoms with Gasteiger partial charge in [-0.2, -0.15) is 0 Å². The molecule has 0 aliphatic heterocycles. The summed E-state index contributed by atoms with van der Waals surface area (Å²) in [7, 11) is 0. The van der Waals surface area contributed by atoms with Gasteiger partial charge in [-0.05, 0) is 48.9 Å². The van der Waals surface area contributed by atoms with E-state index in [1.54, 1.807) is 0 Å². The minimum atomic E-state index is 0.988. The summed E-state index contributed by atoms with van der Waals surface area (Å²) in [6, 6.07) is 4.57. The summed E-state index contributed by atoms with van der Waals surface area (Å²) in [5.74, 6) is 0. The molecule has 0 bridgehead atoms. The van der Waals surface area contributed by atoms with Crippen molar-refractivity contribution in [3.05, 3.63) is 47.0 Å². The predicted molar refractivity (Wildman–Crippen MR) is 59.2 cm³/mol. The molecular weight excluding hydrogens is 156 g/mol. The highest BCUT2D eigenvalue weighted by atomic mass is 14.1. The van der Waals surface area contributed by atoms with E-state index in [1.165, 1.54) is 22.3 Å². The molecule has 0 heteroatoms. The third-order valence-corrected chi connectivity index (χ3v) is 2.51. The van der Waals surface area contributed by atoms with Crippen LogP contribution in [-0.2, 0) is 12.8 Å². The molecule has 0 atom stereocenters. The van der Waals surface area contributed by atoms with Crippen molar-refractivity contribution in [1.29, 1.82) is 0 Å². The van der Waals surface area contributed by atoms with Crippen LogP contribution in [0.2, 0.25) is 0 Å². The molecule has 0 saturated carbocycles. The fourth-order valence-corrected chi connectivity index (χ4v) is 1.75. The van der Waals surface area contributed by atoms with E-state index in [0.717, 1.165) is 12.8 Å². The van der Waals surface area contributed by atoms with E-state index in [2.05, 4.69) is 39.5 Å². The summed E-state index contributed by atoms with van der Waals surface area (Å²) >= 11 is 0. The third-order valence-electron chi connectivity index (χ3n) is 2.51. The van der Waals surface area contributed by atoms with Gasteiger partial charge in [-0.3, -0.25) is 0 Å². The van der Waals surface area contributed by atoms with Crippen LogP contribution in [-0.4, -0.2) is 0 Å². The van der Waals surface area contributed by atoms with Gasteiger partial charge < -0.3 is 0 Å². The minimum Gasteiger partial charge on any atom is -0.103 e. The lowest BCUT2D eigenvalue weighted by Crippen LogP contribution is -1.94. The van der Waals surface area contributed by atoms with Crippen molar-refractivity contribution in [2.45, 2.75) is 33.6 Å². The van der Waals surface area contributed by atoms with Gasteiger partial charge in [0.05, 0.1) is 0 Å². The van der Waals surface area contributed by atoms with Crippen LogP contribution in [0, 0.1) is 13.8 Å². The Hall–Kier alpha value is -1.04. The Morgan fingerprint density at radius 2 is 1.77 bits per heavy atom. The molecule has 1 rings (SSSR count). The maximum Gasteiger partial charge on any atom is -0.00949 e. The molecule has 0 aliphatic rings. The topological polar surface area (TPSA) is 0 Å². The van der Waals surface area contributed by atoms with Gasteiger partial charge in [-0.25, -0.2) is 0 Å². The number of allylic oxidation sites excluding steroid dienone is 1. The van der Waals surface area contributed by atoms with Gasteiger partial charge in [0, 0.05) is 0 Å². The van der Waals surface area contributed by atoms with Gasteiger partial charge in [0.1, 0.15) is 0 Å². The second-order valence-corrected chi connectivity index (χ2v) is 3.55. The van der Waals surface area contributed by atoms with E-state index in [1.807, 2.05) is 6.08 Å². The van der Waals surface area contributed by atoms with E-state index in [0.29, 0.717) is 0 Å². The Labute approximate surface area is 81.3 Å². The van der Waals surface area contributed by atoms with Gasteiger partial charge in [0.2, 0.25) is 0 Å². The number of rotatable bonds is 3. The van der Waals surface area contributed by atoms with Crippen LogP contribution in [0.5, 0.6) is 0 Å². The first-order valence-corrected chi connectivity index (χ1v) is 4.89. The summed E-state index contributed by atoms with van der Waals surface area (Å²) in [5, 5.41) is 0. The maximum absolute atomic E-state index is 3.78. The molecule has 0 amide bonds. The smallest absolute Gasteiger partial charge is 0.00949 e. The molecule has 0 nitrogen and oxygen atoms in total. The van der Waals surface area contributed by atoms with E-state index in [9.17, 15) is 0 Å². The fraction of sp³-hybridized carbons (Fsp3) is 0.385. The Balaban J connectivity index is 3.14. The zero-order chi connectivity index (χ0) is 9.84. The van der Waals surface area contributed by atoms with Crippen molar-refractivity contribution in [1.82, 2.24) is 0 Å². The van der Waals surface area contributed by atoms with Crippen LogP contribution < -0.4 is 0 Å². The molecule has 0 fully saturated rings. The molecule has 13 heavy (non-hydrogen) atoms. The summed E-state index contributed by atoms with van der Waals surface area (Å²) in [5.41, 5.74) is 5.67. The first-order valence-electron chi connectivity index (χ1n) is 4.89. The van der Waals surface area contributed by atoms with E-state index in [-0.39, 0.29) is 0 Å². The van der Waals surface area contributed by atoms with E-state index in [4.69, 9.17) is 0 Å². The highest BCUT2D eigenvalue weighted by molar-refractivity contribution is 5.38. The molecule has 1 aromatic rings. The number of aryl methyl sites for hydroxylation is 3. The first-order chi connectivity index (χ1) is 6.19. The quantitative estimate of drug-likeness (QED) is 0.614. The summed E-state index contributed by atoms with van der Waals surface area (Å²) in [4.78, 5) is 0. The average Bonchev–Trinajstić information content (AvgIpc) is 2.11. The van der Waals surface area contributed by atoms with Crippen LogP contribution in [0.4, 0.5) is 0 Å².